The molecule has 0 aliphatic rings. The van der Waals surface area contributed by atoms with Crippen LogP contribution < -0.4 is 9.47 Å². The number of hydrogen-bond donors (Lipinski definition) is 0. The number of aromatic nitrogens is 2. The first kappa shape index (κ1) is 12.2. The van der Waals surface area contributed by atoms with E-state index in [0.717, 1.165) is 18.0 Å². The molecule has 1 aromatic carbocycles. The van der Waals surface area contributed by atoms with Gasteiger partial charge in [-0.1, -0.05) is 18.2 Å². The fourth-order valence-electron chi connectivity index (χ4n) is 1.53. The lowest BCUT2D eigenvalue weighted by atomic mass is 10.3. The smallest absolute Gasteiger partial charge is 0.161 e. The Morgan fingerprint density at radius 1 is 1.22 bits per heavy atom. The van der Waals surface area contributed by atoms with Crippen LogP contribution in [-0.2, 0) is 6.54 Å². The zero-order valence-electron chi connectivity index (χ0n) is 10.3. The maximum Gasteiger partial charge on any atom is 0.161 e. The molecule has 0 amide bonds. The van der Waals surface area contributed by atoms with Crippen LogP contribution in [0.5, 0.6) is 11.5 Å². The number of imidazole rings is 1. The summed E-state index contributed by atoms with van der Waals surface area (Å²) < 4.78 is 12.8. The monoisotopic (exact) mass is 244 g/mol. The lowest BCUT2D eigenvalue weighted by Gasteiger charge is -2.08. The summed E-state index contributed by atoms with van der Waals surface area (Å²) in [6.45, 7) is 1.32. The number of nitrogens with zero attached hydrogens (tertiary/aromatic N) is 2. The number of rotatable bonds is 6. The first-order chi connectivity index (χ1) is 8.90. The quantitative estimate of drug-likeness (QED) is 0.733. The molecule has 0 radical (unpaired) electrons. The van der Waals surface area contributed by atoms with E-state index in [1.165, 1.54) is 0 Å². The standard InChI is InChI=1S/C14H16N2O2/c1-17-13-6-2-3-7-14(13)18-11-5-4-9-16-10-8-15-12-16/h2-8,10,12H,9,11H2,1H3. The van der Waals surface area contributed by atoms with Crippen molar-refractivity contribution in [1.29, 1.82) is 0 Å². The minimum atomic E-state index is 0.523. The van der Waals surface area contributed by atoms with E-state index >= 15 is 0 Å². The molecule has 0 atom stereocenters. The Kier molecular flexibility index (Phi) is 4.41. The van der Waals surface area contributed by atoms with Crippen molar-refractivity contribution in [2.24, 2.45) is 0 Å². The van der Waals surface area contributed by atoms with Gasteiger partial charge in [0.25, 0.3) is 0 Å². The molecule has 1 aromatic heterocycles. The highest BCUT2D eigenvalue weighted by atomic mass is 16.5. The summed E-state index contributed by atoms with van der Waals surface area (Å²) in [5.41, 5.74) is 0. The molecule has 0 fully saturated rings. The molecule has 0 saturated carbocycles. The van der Waals surface area contributed by atoms with Crippen molar-refractivity contribution in [3.8, 4) is 11.5 Å². The molecular formula is C14H16N2O2. The van der Waals surface area contributed by atoms with Crippen molar-refractivity contribution >= 4 is 0 Å². The molecule has 4 nitrogen and oxygen atoms in total. The minimum absolute atomic E-state index is 0.523. The van der Waals surface area contributed by atoms with Crippen LogP contribution in [0.2, 0.25) is 0 Å². The minimum Gasteiger partial charge on any atom is -0.493 e. The van der Waals surface area contributed by atoms with Gasteiger partial charge in [-0.05, 0) is 18.2 Å². The molecule has 0 unspecified atom stereocenters. The molecule has 0 spiro atoms. The third kappa shape index (κ3) is 3.38. The SMILES string of the molecule is COc1ccccc1OCC=CCn1ccnc1. The fraction of sp³-hybridized carbons (Fsp3) is 0.214. The second-order valence-electron chi connectivity index (χ2n) is 3.69. The number of allylic oxidation sites excluding steroid dienone is 1. The molecule has 4 heteroatoms. The normalized spacial score (nSPS) is 10.7. The molecule has 0 aliphatic carbocycles. The van der Waals surface area contributed by atoms with Crippen LogP contribution in [0.15, 0.2) is 55.1 Å². The van der Waals surface area contributed by atoms with Gasteiger partial charge in [-0.15, -0.1) is 0 Å². The Bertz CT molecular complexity index is 492. The number of benzene rings is 1. The van der Waals surface area contributed by atoms with E-state index in [0.29, 0.717) is 6.61 Å². The van der Waals surface area contributed by atoms with Crippen LogP contribution in [0, 0.1) is 0 Å². The maximum atomic E-state index is 5.61. The average molecular weight is 244 g/mol. The van der Waals surface area contributed by atoms with Crippen molar-refractivity contribution < 1.29 is 9.47 Å². The molecule has 18 heavy (non-hydrogen) atoms. The molecule has 0 saturated heterocycles. The molecule has 0 N–H and O–H groups in total. The van der Waals surface area contributed by atoms with Crippen LogP contribution in [0.25, 0.3) is 0 Å². The van der Waals surface area contributed by atoms with Crippen molar-refractivity contribution in [1.82, 2.24) is 9.55 Å². The van der Waals surface area contributed by atoms with Gasteiger partial charge in [0.15, 0.2) is 11.5 Å². The summed E-state index contributed by atoms with van der Waals surface area (Å²) in [6, 6.07) is 7.61. The Hall–Kier alpha value is -2.23. The fourth-order valence-corrected chi connectivity index (χ4v) is 1.53. The van der Waals surface area contributed by atoms with Crippen LogP contribution in [0.3, 0.4) is 0 Å². The predicted molar refractivity (Wildman–Crippen MR) is 69.9 cm³/mol. The third-order valence-corrected chi connectivity index (χ3v) is 2.45. The Labute approximate surface area is 106 Å². The van der Waals surface area contributed by atoms with Crippen molar-refractivity contribution in [2.75, 3.05) is 13.7 Å². The highest BCUT2D eigenvalue weighted by molar-refractivity contribution is 5.39. The van der Waals surface area contributed by atoms with Crippen molar-refractivity contribution in [2.45, 2.75) is 6.54 Å². The van der Waals surface area contributed by atoms with E-state index in [9.17, 15) is 0 Å². The Morgan fingerprint density at radius 2 is 2.06 bits per heavy atom. The zero-order valence-corrected chi connectivity index (χ0v) is 10.3. The zero-order chi connectivity index (χ0) is 12.6. The first-order valence-electron chi connectivity index (χ1n) is 5.76. The summed E-state index contributed by atoms with van der Waals surface area (Å²) in [6.07, 6.45) is 9.49. The van der Waals surface area contributed by atoms with E-state index in [4.69, 9.17) is 9.47 Å². The van der Waals surface area contributed by atoms with Gasteiger partial charge in [0.1, 0.15) is 6.61 Å². The van der Waals surface area contributed by atoms with Crippen LogP contribution in [-0.4, -0.2) is 23.3 Å². The van der Waals surface area contributed by atoms with Gasteiger partial charge in [-0.25, -0.2) is 4.98 Å². The van der Waals surface area contributed by atoms with Crippen LogP contribution in [0.4, 0.5) is 0 Å². The Balaban J connectivity index is 1.79. The highest BCUT2D eigenvalue weighted by Gasteiger charge is 2.00. The van der Waals surface area contributed by atoms with Gasteiger partial charge in [0.2, 0.25) is 0 Å². The van der Waals surface area contributed by atoms with Gasteiger partial charge in [0, 0.05) is 18.9 Å². The summed E-state index contributed by atoms with van der Waals surface area (Å²) >= 11 is 0. The van der Waals surface area contributed by atoms with E-state index in [1.54, 1.807) is 19.6 Å². The molecule has 1 heterocycles. The molecule has 2 aromatic rings. The van der Waals surface area contributed by atoms with Gasteiger partial charge < -0.3 is 14.0 Å². The molecule has 94 valence electrons. The summed E-state index contributed by atoms with van der Waals surface area (Å²) in [5.74, 6) is 1.51. The number of hydrogen-bond acceptors (Lipinski definition) is 3. The lowest BCUT2D eigenvalue weighted by molar-refractivity contribution is 0.326. The van der Waals surface area contributed by atoms with E-state index in [1.807, 2.05) is 47.2 Å². The highest BCUT2D eigenvalue weighted by Crippen LogP contribution is 2.25. The first-order valence-corrected chi connectivity index (χ1v) is 5.76. The predicted octanol–water partition coefficient (Wildman–Crippen LogP) is 2.53. The number of para-hydroxylation sites is 2. The lowest BCUT2D eigenvalue weighted by Crippen LogP contribution is -1.97. The summed E-state index contributed by atoms with van der Waals surface area (Å²) in [4.78, 5) is 3.97. The number of methoxy groups -OCH3 is 1. The topological polar surface area (TPSA) is 36.3 Å². The molecular weight excluding hydrogens is 228 g/mol. The molecule has 0 bridgehead atoms. The largest absolute Gasteiger partial charge is 0.493 e. The van der Waals surface area contributed by atoms with Gasteiger partial charge in [-0.3, -0.25) is 0 Å². The van der Waals surface area contributed by atoms with Crippen LogP contribution >= 0.6 is 0 Å². The molecule has 0 aliphatic heterocycles. The second-order valence-corrected chi connectivity index (χ2v) is 3.69. The maximum absolute atomic E-state index is 5.61. The second kappa shape index (κ2) is 6.49. The van der Waals surface area contributed by atoms with Gasteiger partial charge in [0.05, 0.1) is 13.4 Å². The third-order valence-electron chi connectivity index (χ3n) is 2.45. The number of ether oxygens (including phenoxy) is 2. The summed E-state index contributed by atoms with van der Waals surface area (Å²) in [5, 5.41) is 0. The van der Waals surface area contributed by atoms with E-state index in [-0.39, 0.29) is 0 Å². The van der Waals surface area contributed by atoms with Crippen molar-refractivity contribution in [3.05, 3.63) is 55.1 Å². The van der Waals surface area contributed by atoms with Crippen LogP contribution in [0.1, 0.15) is 0 Å². The Morgan fingerprint density at radius 3 is 2.78 bits per heavy atom. The van der Waals surface area contributed by atoms with E-state index < -0.39 is 0 Å². The van der Waals surface area contributed by atoms with Gasteiger partial charge in [-0.2, -0.15) is 0 Å². The molecule has 2 rings (SSSR count). The van der Waals surface area contributed by atoms with Crippen molar-refractivity contribution in [3.63, 3.8) is 0 Å². The van der Waals surface area contributed by atoms with Gasteiger partial charge >= 0.3 is 0 Å². The summed E-state index contributed by atoms with van der Waals surface area (Å²) in [7, 11) is 1.64. The van der Waals surface area contributed by atoms with E-state index in [2.05, 4.69) is 4.98 Å². The average Bonchev–Trinajstić information content (AvgIpc) is 2.92.